The molecule has 0 bridgehead atoms. The van der Waals surface area contributed by atoms with Crippen molar-refractivity contribution in [3.8, 4) is 0 Å². The smallest absolute Gasteiger partial charge is 0.0880 e. The molecule has 0 spiro atoms. The van der Waals surface area contributed by atoms with E-state index in [2.05, 4.69) is 19.9 Å². The first-order valence-electron chi connectivity index (χ1n) is 7.03. The lowest BCUT2D eigenvalue weighted by atomic mass is 9.56. The van der Waals surface area contributed by atoms with Gasteiger partial charge in [-0.15, -0.1) is 0 Å². The molecule has 104 valence electrons. The van der Waals surface area contributed by atoms with Crippen molar-refractivity contribution in [2.24, 2.45) is 17.3 Å². The maximum atomic E-state index is 10.3. The van der Waals surface area contributed by atoms with E-state index in [1.54, 1.807) is 6.92 Å². The highest BCUT2D eigenvalue weighted by Crippen LogP contribution is 2.53. The number of rotatable bonds is 2. The van der Waals surface area contributed by atoms with Gasteiger partial charge in [-0.05, 0) is 55.4 Å². The quantitative estimate of drug-likeness (QED) is 0.659. The zero-order chi connectivity index (χ0) is 13.6. The van der Waals surface area contributed by atoms with Gasteiger partial charge in [0, 0.05) is 0 Å². The minimum Gasteiger partial charge on any atom is -0.393 e. The zero-order valence-corrected chi connectivity index (χ0v) is 11.7. The molecule has 2 aliphatic rings. The standard InChI is InChI=1S/C15H26O3/c1-10-4-7-13(17)12-6-5-11(8-14(10,12)2)15(3,18)9-16/h6,10-11,13,16-18H,4-5,7-9H2,1-3H3/t10-,11-,13-,14-,15+/m1/s1. The third-order valence-corrected chi connectivity index (χ3v) is 5.47. The molecule has 3 N–H and O–H groups in total. The molecular weight excluding hydrogens is 228 g/mol. The number of hydrogen-bond donors (Lipinski definition) is 3. The number of aliphatic hydroxyl groups is 3. The molecule has 0 saturated heterocycles. The Labute approximate surface area is 110 Å². The summed E-state index contributed by atoms with van der Waals surface area (Å²) in [6, 6.07) is 0. The van der Waals surface area contributed by atoms with E-state index < -0.39 is 5.60 Å². The summed E-state index contributed by atoms with van der Waals surface area (Å²) in [7, 11) is 0. The molecule has 2 rings (SSSR count). The Morgan fingerprint density at radius 2 is 2.11 bits per heavy atom. The van der Waals surface area contributed by atoms with Crippen molar-refractivity contribution < 1.29 is 15.3 Å². The lowest BCUT2D eigenvalue weighted by Crippen LogP contribution is -2.48. The summed E-state index contributed by atoms with van der Waals surface area (Å²) >= 11 is 0. The van der Waals surface area contributed by atoms with Gasteiger partial charge in [0.1, 0.15) is 0 Å². The molecule has 1 saturated carbocycles. The first-order chi connectivity index (χ1) is 8.31. The third-order valence-electron chi connectivity index (χ3n) is 5.47. The summed E-state index contributed by atoms with van der Waals surface area (Å²) in [6.07, 6.45) is 5.28. The summed E-state index contributed by atoms with van der Waals surface area (Å²) in [5, 5.41) is 29.7. The number of hydrogen-bond acceptors (Lipinski definition) is 3. The molecule has 0 aliphatic heterocycles. The number of aliphatic hydroxyl groups excluding tert-OH is 2. The van der Waals surface area contributed by atoms with Crippen LogP contribution in [0.4, 0.5) is 0 Å². The van der Waals surface area contributed by atoms with Crippen molar-refractivity contribution >= 4 is 0 Å². The molecular formula is C15H26O3. The van der Waals surface area contributed by atoms with Crippen molar-refractivity contribution in [1.82, 2.24) is 0 Å². The molecule has 0 aromatic rings. The van der Waals surface area contributed by atoms with Gasteiger partial charge in [0.2, 0.25) is 0 Å². The molecule has 3 nitrogen and oxygen atoms in total. The third kappa shape index (κ3) is 2.13. The van der Waals surface area contributed by atoms with E-state index in [1.807, 2.05) is 0 Å². The summed E-state index contributed by atoms with van der Waals surface area (Å²) < 4.78 is 0. The molecule has 5 atom stereocenters. The molecule has 0 radical (unpaired) electrons. The highest BCUT2D eigenvalue weighted by Gasteiger charge is 2.48. The van der Waals surface area contributed by atoms with E-state index in [0.29, 0.717) is 5.92 Å². The fourth-order valence-electron chi connectivity index (χ4n) is 3.70. The van der Waals surface area contributed by atoms with Crippen LogP contribution in [0.2, 0.25) is 0 Å². The lowest BCUT2D eigenvalue weighted by Gasteiger charge is -2.50. The van der Waals surface area contributed by atoms with E-state index in [0.717, 1.165) is 31.3 Å². The molecule has 0 aromatic heterocycles. The summed E-state index contributed by atoms with van der Waals surface area (Å²) in [6.45, 7) is 5.94. The number of fused-ring (bicyclic) bond motifs is 1. The molecule has 1 fully saturated rings. The first kappa shape index (κ1) is 14.0. The van der Waals surface area contributed by atoms with Crippen LogP contribution in [0.5, 0.6) is 0 Å². The van der Waals surface area contributed by atoms with Gasteiger partial charge in [-0.3, -0.25) is 0 Å². The van der Waals surface area contributed by atoms with Gasteiger partial charge in [-0.1, -0.05) is 19.9 Å². The van der Waals surface area contributed by atoms with Gasteiger partial charge in [0.25, 0.3) is 0 Å². The Hall–Kier alpha value is -0.380. The molecule has 18 heavy (non-hydrogen) atoms. The zero-order valence-electron chi connectivity index (χ0n) is 11.7. The molecule has 3 heteroatoms. The van der Waals surface area contributed by atoms with Crippen LogP contribution in [0.15, 0.2) is 11.6 Å². The van der Waals surface area contributed by atoms with E-state index >= 15 is 0 Å². The average molecular weight is 254 g/mol. The first-order valence-corrected chi connectivity index (χ1v) is 7.03. The van der Waals surface area contributed by atoms with Crippen LogP contribution < -0.4 is 0 Å². The predicted octanol–water partition coefficient (Wildman–Crippen LogP) is 1.86. The largest absolute Gasteiger partial charge is 0.393 e. The van der Waals surface area contributed by atoms with Crippen LogP contribution in [-0.4, -0.2) is 33.6 Å². The lowest BCUT2D eigenvalue weighted by molar-refractivity contribution is -0.0706. The minimum absolute atomic E-state index is 0.0280. The summed E-state index contributed by atoms with van der Waals surface area (Å²) in [5.74, 6) is 0.591. The fraction of sp³-hybridized carbons (Fsp3) is 0.867. The fourth-order valence-corrected chi connectivity index (χ4v) is 3.70. The average Bonchev–Trinajstić information content (AvgIpc) is 2.34. The highest BCUT2D eigenvalue weighted by atomic mass is 16.3. The van der Waals surface area contributed by atoms with Gasteiger partial charge >= 0.3 is 0 Å². The van der Waals surface area contributed by atoms with E-state index in [4.69, 9.17) is 0 Å². The Bertz CT molecular complexity index is 348. The van der Waals surface area contributed by atoms with Crippen LogP contribution in [-0.2, 0) is 0 Å². The van der Waals surface area contributed by atoms with Gasteiger partial charge < -0.3 is 15.3 Å². The van der Waals surface area contributed by atoms with Crippen molar-refractivity contribution in [3.05, 3.63) is 11.6 Å². The van der Waals surface area contributed by atoms with Crippen LogP contribution in [0.25, 0.3) is 0 Å². The molecule has 0 aromatic carbocycles. The van der Waals surface area contributed by atoms with E-state index in [9.17, 15) is 15.3 Å². The molecule has 2 aliphatic carbocycles. The number of allylic oxidation sites excluding steroid dienone is 1. The maximum absolute atomic E-state index is 10.3. The van der Waals surface area contributed by atoms with E-state index in [-0.39, 0.29) is 24.0 Å². The molecule has 0 unspecified atom stereocenters. The Morgan fingerprint density at radius 1 is 1.44 bits per heavy atom. The van der Waals surface area contributed by atoms with Crippen LogP contribution >= 0.6 is 0 Å². The summed E-state index contributed by atoms with van der Waals surface area (Å²) in [4.78, 5) is 0. The van der Waals surface area contributed by atoms with Gasteiger partial charge in [0.15, 0.2) is 0 Å². The Morgan fingerprint density at radius 3 is 2.72 bits per heavy atom. The maximum Gasteiger partial charge on any atom is 0.0880 e. The SMILES string of the molecule is C[C@@H]1CC[C@@H](O)C2=CC[C@@H]([C@@](C)(O)CO)C[C@@]21C. The van der Waals surface area contributed by atoms with Gasteiger partial charge in [-0.2, -0.15) is 0 Å². The second-order valence-corrected chi connectivity index (χ2v) is 6.72. The van der Waals surface area contributed by atoms with Crippen molar-refractivity contribution in [3.63, 3.8) is 0 Å². The Balaban J connectivity index is 2.29. The van der Waals surface area contributed by atoms with Crippen LogP contribution in [0, 0.1) is 17.3 Å². The van der Waals surface area contributed by atoms with Crippen molar-refractivity contribution in [1.29, 1.82) is 0 Å². The van der Waals surface area contributed by atoms with E-state index in [1.165, 1.54) is 0 Å². The summed E-state index contributed by atoms with van der Waals surface area (Å²) in [5.41, 5.74) is 0.110. The van der Waals surface area contributed by atoms with Crippen LogP contribution in [0.3, 0.4) is 0 Å². The van der Waals surface area contributed by atoms with Crippen molar-refractivity contribution in [2.45, 2.75) is 58.2 Å². The predicted molar refractivity (Wildman–Crippen MR) is 71.0 cm³/mol. The normalized spacial score (nSPS) is 43.9. The van der Waals surface area contributed by atoms with Gasteiger partial charge in [0.05, 0.1) is 18.3 Å². The second-order valence-electron chi connectivity index (χ2n) is 6.72. The van der Waals surface area contributed by atoms with Crippen LogP contribution in [0.1, 0.15) is 46.5 Å². The second kappa shape index (κ2) is 4.62. The minimum atomic E-state index is -1.02. The van der Waals surface area contributed by atoms with Crippen molar-refractivity contribution in [2.75, 3.05) is 6.61 Å². The van der Waals surface area contributed by atoms with Gasteiger partial charge in [-0.25, -0.2) is 0 Å². The Kier molecular flexibility index (Phi) is 3.60. The molecule has 0 heterocycles. The molecule has 0 amide bonds. The highest BCUT2D eigenvalue weighted by molar-refractivity contribution is 5.25. The monoisotopic (exact) mass is 254 g/mol. The topological polar surface area (TPSA) is 60.7 Å².